The summed E-state index contributed by atoms with van der Waals surface area (Å²) in [4.78, 5) is 4.34. The third kappa shape index (κ3) is 2.47. The SMILES string of the molecule is [2H]c1c([2H])c([2H])c2c(oc3c([2H])c(-c4cc(-c5ccccc5)ncc4Cl)c([2H])c([2H])c32)c1[2H]. The van der Waals surface area contributed by atoms with Crippen molar-refractivity contribution in [1.29, 1.82) is 0 Å². The van der Waals surface area contributed by atoms with Crippen molar-refractivity contribution in [2.24, 2.45) is 0 Å². The zero-order valence-electron chi connectivity index (χ0n) is 20.3. The minimum absolute atomic E-state index is 0.00390. The average molecular weight is 363 g/mol. The van der Waals surface area contributed by atoms with Crippen molar-refractivity contribution in [3.8, 4) is 22.4 Å². The molecule has 0 radical (unpaired) electrons. The fourth-order valence-corrected chi connectivity index (χ4v) is 3.03. The van der Waals surface area contributed by atoms with Crippen LogP contribution in [-0.2, 0) is 0 Å². The molecule has 3 aromatic carbocycles. The first-order valence-corrected chi connectivity index (χ1v) is 8.23. The number of hydrogen-bond donors (Lipinski definition) is 0. The van der Waals surface area contributed by atoms with Crippen LogP contribution in [0, 0.1) is 0 Å². The summed E-state index contributed by atoms with van der Waals surface area (Å²) in [5.74, 6) is 0. The summed E-state index contributed by atoms with van der Waals surface area (Å²) < 4.78 is 64.0. The number of nitrogens with zero attached hydrogens (tertiary/aromatic N) is 1. The Morgan fingerprint density at radius 1 is 0.885 bits per heavy atom. The van der Waals surface area contributed by atoms with Gasteiger partial charge in [0.25, 0.3) is 0 Å². The molecular weight excluding hydrogens is 342 g/mol. The van der Waals surface area contributed by atoms with E-state index < -0.39 is 18.1 Å². The van der Waals surface area contributed by atoms with Crippen molar-refractivity contribution in [2.45, 2.75) is 0 Å². The van der Waals surface area contributed by atoms with Crippen LogP contribution >= 0.6 is 11.6 Å². The van der Waals surface area contributed by atoms with E-state index in [4.69, 9.17) is 25.6 Å². The smallest absolute Gasteiger partial charge is 0.136 e. The van der Waals surface area contributed by atoms with E-state index in [0.717, 1.165) is 5.56 Å². The second kappa shape index (κ2) is 6.01. The van der Waals surface area contributed by atoms with Crippen LogP contribution in [0.25, 0.3) is 44.3 Å². The molecule has 5 aromatic rings. The fourth-order valence-electron chi connectivity index (χ4n) is 2.83. The van der Waals surface area contributed by atoms with E-state index in [1.807, 2.05) is 30.3 Å². The van der Waals surface area contributed by atoms with Gasteiger partial charge < -0.3 is 4.42 Å². The van der Waals surface area contributed by atoms with Gasteiger partial charge in [0.15, 0.2) is 0 Å². The lowest BCUT2D eigenvalue weighted by atomic mass is 10.0. The van der Waals surface area contributed by atoms with Gasteiger partial charge in [-0.1, -0.05) is 66.1 Å². The van der Waals surface area contributed by atoms with Gasteiger partial charge in [-0.25, -0.2) is 0 Å². The Hall–Kier alpha value is -3.10. The number of pyridine rings is 1. The van der Waals surface area contributed by atoms with Crippen molar-refractivity contribution in [2.75, 3.05) is 0 Å². The first-order valence-electron chi connectivity index (χ1n) is 11.4. The molecule has 124 valence electrons. The third-order valence-electron chi connectivity index (χ3n) is 4.08. The van der Waals surface area contributed by atoms with Gasteiger partial charge in [-0.3, -0.25) is 4.98 Å². The Labute approximate surface area is 165 Å². The summed E-state index contributed by atoms with van der Waals surface area (Å²) in [5, 5.41) is 0.181. The molecule has 0 bridgehead atoms. The molecule has 2 nitrogen and oxygen atoms in total. The average Bonchev–Trinajstić information content (AvgIpc) is 3.23. The quantitative estimate of drug-likeness (QED) is 0.339. The molecule has 0 N–H and O–H groups in total. The number of rotatable bonds is 2. The molecule has 0 atom stereocenters. The maximum Gasteiger partial charge on any atom is 0.136 e. The number of para-hydroxylation sites is 1. The normalized spacial score (nSPS) is 15.0. The second-order valence-electron chi connectivity index (χ2n) is 5.68. The standard InChI is InChI=1S/C23H14ClNO/c24-20-14-25-21(15-6-2-1-3-7-15)13-19(20)16-10-11-18-17-8-4-5-9-22(17)26-23(18)12-16/h1-14H/i4D,5D,8D,9D,10D,11D,12D. The van der Waals surface area contributed by atoms with Gasteiger partial charge >= 0.3 is 0 Å². The molecular formula is C23H14ClNO. The van der Waals surface area contributed by atoms with E-state index in [1.54, 1.807) is 6.07 Å². The first kappa shape index (κ1) is 9.56. The van der Waals surface area contributed by atoms with E-state index in [2.05, 4.69) is 4.98 Å². The maximum absolute atomic E-state index is 8.77. The monoisotopic (exact) mass is 362 g/mol. The molecule has 0 spiro atoms. The van der Waals surface area contributed by atoms with Gasteiger partial charge in [0, 0.05) is 28.1 Å². The van der Waals surface area contributed by atoms with Crippen molar-refractivity contribution in [1.82, 2.24) is 4.98 Å². The summed E-state index contributed by atoms with van der Waals surface area (Å²) in [6, 6.07) is 8.41. The van der Waals surface area contributed by atoms with Crippen LogP contribution in [0.1, 0.15) is 9.60 Å². The maximum atomic E-state index is 8.77. The van der Waals surface area contributed by atoms with Crippen molar-refractivity contribution < 1.29 is 14.0 Å². The van der Waals surface area contributed by atoms with Gasteiger partial charge in [0.2, 0.25) is 0 Å². The molecule has 26 heavy (non-hydrogen) atoms. The summed E-state index contributed by atoms with van der Waals surface area (Å²) >= 11 is 6.41. The Morgan fingerprint density at radius 2 is 1.69 bits per heavy atom. The van der Waals surface area contributed by atoms with Crippen LogP contribution in [-0.4, -0.2) is 4.98 Å². The Balaban J connectivity index is 1.88. The Morgan fingerprint density at radius 3 is 2.58 bits per heavy atom. The summed E-state index contributed by atoms with van der Waals surface area (Å²) in [5.41, 5.74) is 1.53. The lowest BCUT2D eigenvalue weighted by Gasteiger charge is -2.08. The molecule has 0 unspecified atom stereocenters. The van der Waals surface area contributed by atoms with Crippen LogP contribution in [0.5, 0.6) is 0 Å². The van der Waals surface area contributed by atoms with Crippen molar-refractivity contribution in [3.63, 3.8) is 0 Å². The van der Waals surface area contributed by atoms with Gasteiger partial charge in [0.05, 0.1) is 20.3 Å². The molecule has 0 saturated heterocycles. The van der Waals surface area contributed by atoms with Crippen LogP contribution in [0.15, 0.2) is 89.3 Å². The topological polar surface area (TPSA) is 26.0 Å². The predicted octanol–water partition coefficient (Wildman–Crippen LogP) is 6.97. The fraction of sp³-hybridized carbons (Fsp3) is 0. The van der Waals surface area contributed by atoms with Crippen LogP contribution in [0.3, 0.4) is 0 Å². The van der Waals surface area contributed by atoms with Gasteiger partial charge in [0.1, 0.15) is 11.2 Å². The summed E-state index contributed by atoms with van der Waals surface area (Å²) in [6.07, 6.45) is 1.42. The molecule has 0 aliphatic heterocycles. The van der Waals surface area contributed by atoms with E-state index in [0.29, 0.717) is 11.3 Å². The highest BCUT2D eigenvalue weighted by atomic mass is 35.5. The van der Waals surface area contributed by atoms with Gasteiger partial charge in [-0.2, -0.15) is 0 Å². The molecule has 2 heterocycles. The Bertz CT molecular complexity index is 1600. The number of fused-ring (bicyclic) bond motifs is 3. The number of benzene rings is 3. The molecule has 5 rings (SSSR count). The minimum atomic E-state index is -0.472. The number of hydrogen-bond acceptors (Lipinski definition) is 2. The molecule has 0 saturated carbocycles. The Kier molecular flexibility index (Phi) is 2.21. The molecule has 3 heteroatoms. The number of aromatic nitrogens is 1. The van der Waals surface area contributed by atoms with E-state index >= 15 is 0 Å². The van der Waals surface area contributed by atoms with Crippen molar-refractivity contribution >= 4 is 33.5 Å². The highest BCUT2D eigenvalue weighted by Crippen LogP contribution is 2.35. The summed E-state index contributed by atoms with van der Waals surface area (Å²) in [7, 11) is 0. The highest BCUT2D eigenvalue weighted by Gasteiger charge is 2.11. The molecule has 0 amide bonds. The molecule has 0 fully saturated rings. The van der Waals surface area contributed by atoms with Gasteiger partial charge in [-0.05, 0) is 29.8 Å². The lowest BCUT2D eigenvalue weighted by molar-refractivity contribution is 0.669. The predicted molar refractivity (Wildman–Crippen MR) is 107 cm³/mol. The van der Waals surface area contributed by atoms with Crippen LogP contribution in [0.4, 0.5) is 0 Å². The van der Waals surface area contributed by atoms with E-state index in [9.17, 15) is 0 Å². The molecule has 2 aromatic heterocycles. The number of halogens is 1. The van der Waals surface area contributed by atoms with Crippen molar-refractivity contribution in [3.05, 3.63) is 89.9 Å². The number of furan rings is 1. The lowest BCUT2D eigenvalue weighted by Crippen LogP contribution is -1.87. The van der Waals surface area contributed by atoms with Gasteiger partial charge in [-0.15, -0.1) is 0 Å². The summed E-state index contributed by atoms with van der Waals surface area (Å²) in [6.45, 7) is 0. The third-order valence-corrected chi connectivity index (χ3v) is 4.38. The first-order chi connectivity index (χ1) is 15.7. The van der Waals surface area contributed by atoms with Crippen LogP contribution in [0.2, 0.25) is 5.02 Å². The molecule has 0 aliphatic rings. The van der Waals surface area contributed by atoms with E-state index in [-0.39, 0.29) is 56.7 Å². The second-order valence-corrected chi connectivity index (χ2v) is 6.08. The highest BCUT2D eigenvalue weighted by molar-refractivity contribution is 6.33. The van der Waals surface area contributed by atoms with E-state index in [1.165, 1.54) is 6.20 Å². The zero-order valence-corrected chi connectivity index (χ0v) is 14.0. The largest absolute Gasteiger partial charge is 0.456 e. The van der Waals surface area contributed by atoms with Crippen LogP contribution < -0.4 is 0 Å². The minimum Gasteiger partial charge on any atom is -0.456 e. The zero-order chi connectivity index (χ0) is 23.6. The molecule has 0 aliphatic carbocycles.